The molecule has 3 rings (SSSR count). The number of benzene rings is 2. The summed E-state index contributed by atoms with van der Waals surface area (Å²) >= 11 is 25.3. The number of nitrogens with one attached hydrogen (secondary N) is 1. The molecule has 1 N–H and O–H groups in total. The minimum atomic E-state index is -0.388. The highest BCUT2D eigenvalue weighted by atomic mass is 35.5. The van der Waals surface area contributed by atoms with Crippen LogP contribution in [0.2, 0.25) is 20.1 Å². The Bertz CT molecular complexity index is 1080. The Labute approximate surface area is 197 Å². The van der Waals surface area contributed by atoms with Gasteiger partial charge in [0.05, 0.1) is 31.5 Å². The first-order chi connectivity index (χ1) is 14.3. The first kappa shape index (κ1) is 23.0. The second-order valence-corrected chi connectivity index (χ2v) is 8.74. The van der Waals surface area contributed by atoms with E-state index in [0.29, 0.717) is 42.5 Å². The Kier molecular flexibility index (Phi) is 7.76. The fourth-order valence-electron chi connectivity index (χ4n) is 2.52. The first-order valence-corrected chi connectivity index (χ1v) is 11.1. The number of rotatable bonds is 7. The lowest BCUT2D eigenvalue weighted by Crippen LogP contribution is -2.15. The lowest BCUT2D eigenvalue weighted by atomic mass is 10.3. The largest absolute Gasteiger partial charge is 0.481 e. The summed E-state index contributed by atoms with van der Waals surface area (Å²) in [6.45, 7) is 1.85. The van der Waals surface area contributed by atoms with Crippen LogP contribution in [-0.4, -0.2) is 26.4 Å². The van der Waals surface area contributed by atoms with Gasteiger partial charge in [-0.1, -0.05) is 70.3 Å². The third-order valence-corrected chi connectivity index (χ3v) is 6.36. The van der Waals surface area contributed by atoms with E-state index in [-0.39, 0.29) is 17.8 Å². The maximum Gasteiger partial charge on any atom is 0.234 e. The summed E-state index contributed by atoms with van der Waals surface area (Å²) in [5.74, 6) is 0.986. The second-order valence-electron chi connectivity index (χ2n) is 6.17. The molecule has 11 heteroatoms. The van der Waals surface area contributed by atoms with E-state index < -0.39 is 0 Å². The van der Waals surface area contributed by atoms with Crippen LogP contribution in [0.25, 0.3) is 0 Å². The number of nitrogens with zero attached hydrogens (tertiary/aromatic N) is 3. The molecule has 0 fully saturated rings. The second kappa shape index (κ2) is 10.1. The summed E-state index contributed by atoms with van der Waals surface area (Å²) in [6, 6.07) is 10.2. The number of hydrogen-bond acceptors (Lipinski definition) is 5. The molecular weight excluding hydrogens is 490 g/mol. The quantitative estimate of drug-likeness (QED) is 0.301. The van der Waals surface area contributed by atoms with Crippen LogP contribution in [0.4, 0.5) is 5.69 Å². The van der Waals surface area contributed by atoms with Crippen LogP contribution in [0.3, 0.4) is 0 Å². The van der Waals surface area contributed by atoms with E-state index in [1.165, 1.54) is 23.9 Å². The molecule has 1 amide bonds. The van der Waals surface area contributed by atoms with E-state index in [0.717, 1.165) is 0 Å². The molecule has 0 radical (unpaired) electrons. The zero-order valence-electron chi connectivity index (χ0n) is 15.8. The highest BCUT2D eigenvalue weighted by molar-refractivity contribution is 7.99. The van der Waals surface area contributed by atoms with E-state index in [2.05, 4.69) is 15.5 Å². The Hall–Kier alpha value is -1.64. The van der Waals surface area contributed by atoms with E-state index in [1.54, 1.807) is 23.7 Å². The predicted octanol–water partition coefficient (Wildman–Crippen LogP) is 6.30. The molecule has 1 aromatic heterocycles. The molecule has 0 spiro atoms. The summed E-state index contributed by atoms with van der Waals surface area (Å²) in [5, 5.41) is 13.0. The van der Waals surface area contributed by atoms with Gasteiger partial charge in [0.15, 0.2) is 17.1 Å². The van der Waals surface area contributed by atoms with Crippen molar-refractivity contribution in [1.82, 2.24) is 14.8 Å². The van der Waals surface area contributed by atoms with Crippen LogP contribution in [0.1, 0.15) is 18.9 Å². The maximum atomic E-state index is 12.3. The molecule has 0 saturated carbocycles. The number of halogens is 4. The van der Waals surface area contributed by atoms with Gasteiger partial charge in [0.25, 0.3) is 0 Å². The Morgan fingerprint density at radius 2 is 1.80 bits per heavy atom. The van der Waals surface area contributed by atoms with Crippen molar-refractivity contribution in [3.63, 3.8) is 0 Å². The number of ether oxygens (including phenoxy) is 1. The highest BCUT2D eigenvalue weighted by Crippen LogP contribution is 2.33. The van der Waals surface area contributed by atoms with E-state index in [1.807, 2.05) is 19.1 Å². The van der Waals surface area contributed by atoms with Gasteiger partial charge < -0.3 is 14.6 Å². The fourth-order valence-corrected chi connectivity index (χ4v) is 4.02. The van der Waals surface area contributed by atoms with Crippen molar-refractivity contribution >= 4 is 69.8 Å². The van der Waals surface area contributed by atoms with Gasteiger partial charge in [-0.2, -0.15) is 0 Å². The van der Waals surface area contributed by atoms with Crippen molar-refractivity contribution in [2.45, 2.75) is 18.2 Å². The lowest BCUT2D eigenvalue weighted by Gasteiger charge is -2.15. The van der Waals surface area contributed by atoms with Crippen LogP contribution in [-0.2, 0) is 11.8 Å². The fraction of sp³-hybridized carbons (Fsp3) is 0.211. The maximum absolute atomic E-state index is 12.3. The normalized spacial score (nSPS) is 11.9. The van der Waals surface area contributed by atoms with E-state index in [4.69, 9.17) is 51.1 Å². The summed E-state index contributed by atoms with van der Waals surface area (Å²) in [4.78, 5) is 12.3. The summed E-state index contributed by atoms with van der Waals surface area (Å²) in [7, 11) is 1.80. The van der Waals surface area contributed by atoms with Gasteiger partial charge in [-0.15, -0.1) is 10.2 Å². The van der Waals surface area contributed by atoms with Gasteiger partial charge in [0.2, 0.25) is 5.91 Å². The minimum Gasteiger partial charge on any atom is -0.481 e. The molecule has 0 saturated heterocycles. The van der Waals surface area contributed by atoms with Crippen LogP contribution >= 0.6 is 58.2 Å². The monoisotopic (exact) mass is 504 g/mol. The van der Waals surface area contributed by atoms with Gasteiger partial charge >= 0.3 is 0 Å². The van der Waals surface area contributed by atoms with E-state index >= 15 is 0 Å². The van der Waals surface area contributed by atoms with Crippen molar-refractivity contribution in [1.29, 1.82) is 0 Å². The smallest absolute Gasteiger partial charge is 0.234 e. The number of hydrogen-bond donors (Lipinski definition) is 1. The lowest BCUT2D eigenvalue weighted by molar-refractivity contribution is -0.113. The first-order valence-electron chi connectivity index (χ1n) is 8.64. The summed E-state index contributed by atoms with van der Waals surface area (Å²) < 4.78 is 7.65. The number of aromatic nitrogens is 3. The summed E-state index contributed by atoms with van der Waals surface area (Å²) in [5.41, 5.74) is 0.386. The molecule has 1 heterocycles. The van der Waals surface area contributed by atoms with Crippen molar-refractivity contribution in [2.75, 3.05) is 11.1 Å². The van der Waals surface area contributed by atoms with Gasteiger partial charge in [0, 0.05) is 7.05 Å². The number of carbonyl (C=O) groups is 1. The van der Waals surface area contributed by atoms with Crippen molar-refractivity contribution in [3.05, 3.63) is 62.3 Å². The zero-order chi connectivity index (χ0) is 21.8. The Morgan fingerprint density at radius 1 is 1.10 bits per heavy atom. The van der Waals surface area contributed by atoms with Crippen LogP contribution < -0.4 is 10.1 Å². The van der Waals surface area contributed by atoms with Crippen molar-refractivity contribution in [3.8, 4) is 5.75 Å². The number of amides is 1. The molecule has 3 aromatic rings. The third kappa shape index (κ3) is 5.53. The number of anilines is 1. The van der Waals surface area contributed by atoms with Crippen LogP contribution in [0, 0.1) is 0 Å². The molecule has 1 atom stereocenters. The zero-order valence-corrected chi connectivity index (χ0v) is 19.7. The molecule has 1 unspecified atom stereocenters. The molecular formula is C19H16Cl4N4O2S. The minimum absolute atomic E-state index is 0.0995. The van der Waals surface area contributed by atoms with Gasteiger partial charge in [-0.05, 0) is 31.2 Å². The number of para-hydroxylation sites is 1. The third-order valence-electron chi connectivity index (χ3n) is 3.99. The van der Waals surface area contributed by atoms with Crippen molar-refractivity contribution in [2.24, 2.45) is 7.05 Å². The van der Waals surface area contributed by atoms with Crippen LogP contribution in [0.5, 0.6) is 5.75 Å². The molecule has 0 bridgehead atoms. The highest BCUT2D eigenvalue weighted by Gasteiger charge is 2.19. The molecule has 6 nitrogen and oxygen atoms in total. The molecule has 0 aliphatic heterocycles. The molecule has 2 aromatic carbocycles. The Morgan fingerprint density at radius 3 is 2.53 bits per heavy atom. The molecule has 0 aliphatic rings. The van der Waals surface area contributed by atoms with Gasteiger partial charge in [0.1, 0.15) is 5.75 Å². The van der Waals surface area contributed by atoms with Gasteiger partial charge in [-0.25, -0.2) is 0 Å². The molecule has 158 valence electrons. The standard InChI is InChI=1S/C19H16Cl4N4O2S/c1-10(29-16-6-4-3-5-11(16)20)18-25-26-19(27(18)2)30-9-17(28)24-15-8-13(22)12(21)7-14(15)23/h3-8,10H,9H2,1-2H3,(H,24,28). The van der Waals surface area contributed by atoms with Gasteiger partial charge in [-0.3, -0.25) is 4.79 Å². The average molecular weight is 506 g/mol. The average Bonchev–Trinajstić information content (AvgIpc) is 3.07. The topological polar surface area (TPSA) is 69.0 Å². The van der Waals surface area contributed by atoms with Crippen molar-refractivity contribution < 1.29 is 9.53 Å². The molecule has 30 heavy (non-hydrogen) atoms. The Balaban J connectivity index is 1.62. The number of thioether (sulfide) groups is 1. The predicted molar refractivity (Wildman–Crippen MR) is 122 cm³/mol. The van der Waals surface area contributed by atoms with E-state index in [9.17, 15) is 4.79 Å². The summed E-state index contributed by atoms with van der Waals surface area (Å²) in [6.07, 6.45) is -0.388. The molecule has 0 aliphatic carbocycles. The SMILES string of the molecule is CC(Oc1ccccc1Cl)c1nnc(SCC(=O)Nc2cc(Cl)c(Cl)cc2Cl)n1C. The van der Waals surface area contributed by atoms with Crippen LogP contribution in [0.15, 0.2) is 41.6 Å². The number of carbonyl (C=O) groups excluding carboxylic acids is 1.